The van der Waals surface area contributed by atoms with Gasteiger partial charge >= 0.3 is 0 Å². The highest BCUT2D eigenvalue weighted by molar-refractivity contribution is 7.99. The van der Waals surface area contributed by atoms with Crippen molar-refractivity contribution < 1.29 is 13.2 Å². The smallest absolute Gasteiger partial charge is 0.267 e. The highest BCUT2D eigenvalue weighted by Crippen LogP contribution is 2.29. The van der Waals surface area contributed by atoms with Crippen LogP contribution in [0.5, 0.6) is 0 Å². The molecule has 11 heteroatoms. The Bertz CT molecular complexity index is 1510. The van der Waals surface area contributed by atoms with Crippen molar-refractivity contribution in [3.63, 3.8) is 0 Å². The topological polar surface area (TPSA) is 124 Å². The Hall–Kier alpha value is -2.99. The molecule has 0 fully saturated rings. The van der Waals surface area contributed by atoms with E-state index in [0.717, 1.165) is 22.2 Å². The normalized spacial score (nSPS) is 11.6. The van der Waals surface area contributed by atoms with Gasteiger partial charge in [-0.15, -0.1) is 11.3 Å². The van der Waals surface area contributed by atoms with Gasteiger partial charge in [-0.05, 0) is 55.8 Å². The number of nitrogens with two attached hydrogens (primary N) is 1. The van der Waals surface area contributed by atoms with Gasteiger partial charge in [0.15, 0.2) is 5.16 Å². The van der Waals surface area contributed by atoms with Crippen LogP contribution in [0.1, 0.15) is 10.4 Å². The standard InChI is InChI=1S/C22H20N4O4S3/c1-13-14(2)32-20-19(13)21(28)26(16-6-4-3-5-7-16)22(25-20)31-12-18(27)24-15-8-10-17(11-9-15)33(23,29)30/h3-11H,12H2,1-2H3,(H,24,27)(H2,23,29,30). The van der Waals surface area contributed by atoms with Crippen LogP contribution in [-0.2, 0) is 14.8 Å². The molecule has 0 radical (unpaired) electrons. The quantitative estimate of drug-likeness (QED) is 0.309. The monoisotopic (exact) mass is 500 g/mol. The molecule has 2 heterocycles. The maximum absolute atomic E-state index is 13.4. The van der Waals surface area contributed by atoms with Crippen LogP contribution in [0.2, 0.25) is 0 Å². The molecule has 0 aliphatic heterocycles. The number of hydrogen-bond acceptors (Lipinski definition) is 7. The van der Waals surface area contributed by atoms with E-state index in [9.17, 15) is 18.0 Å². The van der Waals surface area contributed by atoms with Crippen molar-refractivity contribution in [1.82, 2.24) is 9.55 Å². The molecule has 2 aromatic carbocycles. The molecule has 170 valence electrons. The van der Waals surface area contributed by atoms with Crippen LogP contribution in [0.15, 0.2) is 69.4 Å². The second-order valence-electron chi connectivity index (χ2n) is 7.24. The Morgan fingerprint density at radius 2 is 1.79 bits per heavy atom. The first-order valence-corrected chi connectivity index (χ1v) is 13.1. The lowest BCUT2D eigenvalue weighted by atomic mass is 10.2. The van der Waals surface area contributed by atoms with Crippen LogP contribution >= 0.6 is 23.1 Å². The third-order valence-electron chi connectivity index (χ3n) is 4.99. The maximum atomic E-state index is 13.4. The zero-order valence-corrected chi connectivity index (χ0v) is 20.2. The zero-order valence-electron chi connectivity index (χ0n) is 17.7. The van der Waals surface area contributed by atoms with E-state index in [1.165, 1.54) is 40.2 Å². The molecule has 0 spiro atoms. The lowest BCUT2D eigenvalue weighted by Gasteiger charge is -2.12. The van der Waals surface area contributed by atoms with Gasteiger partial charge in [0.2, 0.25) is 15.9 Å². The minimum atomic E-state index is -3.81. The first kappa shape index (κ1) is 23.2. The number of thiophene rings is 1. The van der Waals surface area contributed by atoms with Crippen LogP contribution in [0.3, 0.4) is 0 Å². The lowest BCUT2D eigenvalue weighted by molar-refractivity contribution is -0.113. The van der Waals surface area contributed by atoms with E-state index in [1.807, 2.05) is 44.2 Å². The third kappa shape index (κ3) is 4.86. The molecular weight excluding hydrogens is 480 g/mol. The number of nitrogens with one attached hydrogen (secondary N) is 1. The summed E-state index contributed by atoms with van der Waals surface area (Å²) in [7, 11) is -3.81. The number of amides is 1. The number of hydrogen-bond donors (Lipinski definition) is 2. The molecular formula is C22H20N4O4S3. The SMILES string of the molecule is Cc1sc2nc(SCC(=O)Nc3ccc(S(N)(=O)=O)cc3)n(-c3ccccc3)c(=O)c2c1C. The number of fused-ring (bicyclic) bond motifs is 1. The predicted molar refractivity (Wildman–Crippen MR) is 132 cm³/mol. The molecule has 0 saturated heterocycles. The lowest BCUT2D eigenvalue weighted by Crippen LogP contribution is -2.22. The van der Waals surface area contributed by atoms with E-state index >= 15 is 0 Å². The van der Waals surface area contributed by atoms with Crippen molar-refractivity contribution in [3.8, 4) is 5.69 Å². The van der Waals surface area contributed by atoms with Crippen LogP contribution < -0.4 is 16.0 Å². The van der Waals surface area contributed by atoms with Crippen LogP contribution in [-0.4, -0.2) is 29.6 Å². The van der Waals surface area contributed by atoms with E-state index in [2.05, 4.69) is 5.32 Å². The fourth-order valence-electron chi connectivity index (χ4n) is 3.23. The van der Waals surface area contributed by atoms with Gasteiger partial charge in [0.05, 0.1) is 21.7 Å². The molecule has 0 unspecified atom stereocenters. The average molecular weight is 501 g/mol. The summed E-state index contributed by atoms with van der Waals surface area (Å²) in [4.78, 5) is 32.2. The summed E-state index contributed by atoms with van der Waals surface area (Å²) in [6, 6.07) is 14.7. The molecule has 0 saturated carbocycles. The number of anilines is 1. The van der Waals surface area contributed by atoms with E-state index in [4.69, 9.17) is 10.1 Å². The summed E-state index contributed by atoms with van der Waals surface area (Å²) in [6.07, 6.45) is 0. The minimum Gasteiger partial charge on any atom is -0.325 e. The molecule has 0 bridgehead atoms. The second kappa shape index (κ2) is 9.10. The Balaban J connectivity index is 1.62. The van der Waals surface area contributed by atoms with E-state index in [1.54, 1.807) is 0 Å². The summed E-state index contributed by atoms with van der Waals surface area (Å²) in [5.41, 5.74) is 1.84. The number of carbonyl (C=O) groups excluding carboxylic acids is 1. The van der Waals surface area contributed by atoms with Crippen LogP contribution in [0, 0.1) is 13.8 Å². The van der Waals surface area contributed by atoms with Gasteiger partial charge in [-0.25, -0.2) is 18.5 Å². The Morgan fingerprint density at radius 3 is 2.42 bits per heavy atom. The molecule has 4 rings (SSSR count). The molecule has 8 nitrogen and oxygen atoms in total. The van der Waals surface area contributed by atoms with Gasteiger partial charge in [-0.1, -0.05) is 30.0 Å². The van der Waals surface area contributed by atoms with Gasteiger partial charge < -0.3 is 5.32 Å². The molecule has 0 aliphatic rings. The molecule has 0 atom stereocenters. The summed E-state index contributed by atoms with van der Waals surface area (Å²) in [5.74, 6) is -0.318. The minimum absolute atomic E-state index is 0.00502. The number of sulfonamides is 1. The maximum Gasteiger partial charge on any atom is 0.267 e. The molecule has 3 N–H and O–H groups in total. The summed E-state index contributed by atoms with van der Waals surface area (Å²) >= 11 is 2.60. The summed E-state index contributed by atoms with van der Waals surface area (Å²) in [6.45, 7) is 3.86. The average Bonchev–Trinajstić information content (AvgIpc) is 3.06. The highest BCUT2D eigenvalue weighted by atomic mass is 32.2. The molecule has 4 aromatic rings. The molecule has 2 aromatic heterocycles. The van der Waals surface area contributed by atoms with E-state index in [-0.39, 0.29) is 22.1 Å². The first-order chi connectivity index (χ1) is 15.6. The summed E-state index contributed by atoms with van der Waals surface area (Å²) < 4.78 is 24.3. The zero-order chi connectivity index (χ0) is 23.8. The van der Waals surface area contributed by atoms with Crippen molar-refractivity contribution in [2.45, 2.75) is 23.9 Å². The van der Waals surface area contributed by atoms with Gasteiger partial charge in [-0.3, -0.25) is 14.2 Å². The number of benzene rings is 2. The van der Waals surface area contributed by atoms with Crippen molar-refractivity contribution in [2.75, 3.05) is 11.1 Å². The van der Waals surface area contributed by atoms with Gasteiger partial charge in [0.25, 0.3) is 5.56 Å². The summed E-state index contributed by atoms with van der Waals surface area (Å²) in [5, 5.41) is 8.80. The molecule has 1 amide bonds. The number of thioether (sulfide) groups is 1. The van der Waals surface area contributed by atoms with Gasteiger partial charge in [-0.2, -0.15) is 0 Å². The number of nitrogens with zero attached hydrogens (tertiary/aromatic N) is 2. The number of rotatable bonds is 6. The van der Waals surface area contributed by atoms with Crippen LogP contribution in [0.4, 0.5) is 5.69 Å². The van der Waals surface area contributed by atoms with Crippen molar-refractivity contribution in [1.29, 1.82) is 0 Å². The number of aryl methyl sites for hydroxylation is 2. The van der Waals surface area contributed by atoms with Gasteiger partial charge in [0, 0.05) is 10.6 Å². The highest BCUT2D eigenvalue weighted by Gasteiger charge is 2.19. The molecule has 0 aliphatic carbocycles. The van der Waals surface area contributed by atoms with Crippen molar-refractivity contribution in [2.24, 2.45) is 5.14 Å². The van der Waals surface area contributed by atoms with Crippen molar-refractivity contribution >= 4 is 54.9 Å². The van der Waals surface area contributed by atoms with E-state index < -0.39 is 10.0 Å². The van der Waals surface area contributed by atoms with E-state index in [0.29, 0.717) is 26.7 Å². The number of aromatic nitrogens is 2. The fraction of sp³-hybridized carbons (Fsp3) is 0.136. The Morgan fingerprint density at radius 1 is 1.12 bits per heavy atom. The second-order valence-corrected chi connectivity index (χ2v) is 10.9. The Kier molecular flexibility index (Phi) is 6.39. The predicted octanol–water partition coefficient (Wildman–Crippen LogP) is 3.44. The Labute approximate surface area is 198 Å². The van der Waals surface area contributed by atoms with Gasteiger partial charge in [0.1, 0.15) is 4.83 Å². The number of para-hydroxylation sites is 1. The third-order valence-corrected chi connectivity index (χ3v) is 7.95. The fourth-order valence-corrected chi connectivity index (χ4v) is 5.63. The number of carbonyl (C=O) groups is 1. The van der Waals surface area contributed by atoms with Crippen molar-refractivity contribution in [3.05, 3.63) is 75.4 Å². The largest absolute Gasteiger partial charge is 0.325 e. The molecule has 33 heavy (non-hydrogen) atoms. The first-order valence-electron chi connectivity index (χ1n) is 9.79. The number of primary sulfonamides is 1. The van der Waals surface area contributed by atoms with Crippen LogP contribution in [0.25, 0.3) is 15.9 Å².